The summed E-state index contributed by atoms with van der Waals surface area (Å²) in [6.45, 7) is 0. The number of rotatable bonds is 4. The van der Waals surface area contributed by atoms with E-state index in [1.807, 2.05) is 0 Å². The number of benzene rings is 1. The van der Waals surface area contributed by atoms with Crippen LogP contribution in [0.2, 0.25) is 0 Å². The van der Waals surface area contributed by atoms with E-state index < -0.39 is 16.0 Å². The first kappa shape index (κ1) is 15.8. The molecule has 0 heterocycles. The van der Waals surface area contributed by atoms with Gasteiger partial charge in [-0.25, -0.2) is 18.4 Å². The van der Waals surface area contributed by atoms with Gasteiger partial charge in [0.2, 0.25) is 10.0 Å². The van der Waals surface area contributed by atoms with Gasteiger partial charge in [-0.2, -0.15) is 0 Å². The van der Waals surface area contributed by atoms with Gasteiger partial charge in [0.1, 0.15) is 11.0 Å². The number of hydrogen-bond acceptors (Lipinski definition) is 5. The molecule has 0 unspecified atom stereocenters. The van der Waals surface area contributed by atoms with Crippen LogP contribution >= 0.6 is 0 Å². The van der Waals surface area contributed by atoms with Crippen LogP contribution in [0.15, 0.2) is 23.1 Å². The Morgan fingerprint density at radius 1 is 1.29 bits per heavy atom. The highest BCUT2D eigenvalue weighted by Gasteiger charge is 2.23. The summed E-state index contributed by atoms with van der Waals surface area (Å²) in [5, 5.41) is 5.22. The maximum atomic E-state index is 12.1. The first-order valence-corrected chi connectivity index (χ1v) is 8.39. The number of ether oxygens (including phenoxy) is 1. The van der Waals surface area contributed by atoms with Crippen molar-refractivity contribution >= 4 is 21.7 Å². The molecule has 0 atom stereocenters. The molecule has 6 nitrogen and oxygen atoms in total. The molecule has 0 amide bonds. The Labute approximate surface area is 124 Å². The standard InChI is InChI=1S/C14H20N2O4S/c1-16(2)12-8-7-10(9-13(12)21(15,18)19)14(17)20-11-5-3-4-6-11/h7-9,11H,3-6H2,1-2H3,(H2,15,18,19). The summed E-state index contributed by atoms with van der Waals surface area (Å²) in [6, 6.07) is 4.40. The average molecular weight is 312 g/mol. The number of nitrogens with zero attached hydrogens (tertiary/aromatic N) is 1. The summed E-state index contributed by atoms with van der Waals surface area (Å²) in [4.78, 5) is 13.6. The third-order valence-electron chi connectivity index (χ3n) is 3.56. The van der Waals surface area contributed by atoms with Crippen LogP contribution in [-0.2, 0) is 14.8 Å². The lowest BCUT2D eigenvalue weighted by Crippen LogP contribution is -2.20. The van der Waals surface area contributed by atoms with Gasteiger partial charge in [0.05, 0.1) is 11.3 Å². The van der Waals surface area contributed by atoms with Gasteiger partial charge in [-0.1, -0.05) is 0 Å². The Bertz CT molecular complexity index is 634. The molecule has 116 valence electrons. The van der Waals surface area contributed by atoms with Crippen LogP contribution in [0.4, 0.5) is 5.69 Å². The highest BCUT2D eigenvalue weighted by Crippen LogP contribution is 2.26. The number of primary sulfonamides is 1. The van der Waals surface area contributed by atoms with Crippen LogP contribution in [0.25, 0.3) is 0 Å². The molecule has 0 spiro atoms. The minimum Gasteiger partial charge on any atom is -0.459 e. The lowest BCUT2D eigenvalue weighted by atomic mass is 10.2. The molecule has 7 heteroatoms. The van der Waals surface area contributed by atoms with E-state index >= 15 is 0 Å². The summed E-state index contributed by atoms with van der Waals surface area (Å²) >= 11 is 0. The van der Waals surface area contributed by atoms with Crippen LogP contribution in [0.1, 0.15) is 36.0 Å². The average Bonchev–Trinajstić information content (AvgIpc) is 2.89. The topological polar surface area (TPSA) is 89.7 Å². The minimum absolute atomic E-state index is 0.0658. The highest BCUT2D eigenvalue weighted by atomic mass is 32.2. The third-order valence-corrected chi connectivity index (χ3v) is 4.50. The van der Waals surface area contributed by atoms with E-state index in [0.29, 0.717) is 5.69 Å². The number of nitrogens with two attached hydrogens (primary N) is 1. The van der Waals surface area contributed by atoms with Gasteiger partial charge in [-0.05, 0) is 43.9 Å². The number of sulfonamides is 1. The van der Waals surface area contributed by atoms with Gasteiger partial charge in [0.25, 0.3) is 0 Å². The second-order valence-electron chi connectivity index (χ2n) is 5.43. The molecule has 1 fully saturated rings. The van der Waals surface area contributed by atoms with Crippen molar-refractivity contribution in [2.45, 2.75) is 36.7 Å². The molecule has 1 saturated carbocycles. The minimum atomic E-state index is -3.91. The Hall–Kier alpha value is -1.60. The maximum Gasteiger partial charge on any atom is 0.338 e. The SMILES string of the molecule is CN(C)c1ccc(C(=O)OC2CCCC2)cc1S(N)(=O)=O. The summed E-state index contributed by atoms with van der Waals surface area (Å²) in [6.07, 6.45) is 3.77. The third kappa shape index (κ3) is 3.74. The molecular weight excluding hydrogens is 292 g/mol. The predicted octanol–water partition coefficient (Wildman–Crippen LogP) is 1.50. The Kier molecular flexibility index (Phi) is 4.53. The number of esters is 1. The lowest BCUT2D eigenvalue weighted by Gasteiger charge is -2.17. The van der Waals surface area contributed by atoms with Crippen molar-refractivity contribution in [3.05, 3.63) is 23.8 Å². The molecule has 0 aromatic heterocycles. The van der Waals surface area contributed by atoms with E-state index in [-0.39, 0.29) is 16.6 Å². The summed E-state index contributed by atoms with van der Waals surface area (Å²) in [7, 11) is -0.493. The quantitative estimate of drug-likeness (QED) is 0.851. The van der Waals surface area contributed by atoms with Crippen molar-refractivity contribution in [3.8, 4) is 0 Å². The lowest BCUT2D eigenvalue weighted by molar-refractivity contribution is 0.0317. The number of carbonyl (C=O) groups excluding carboxylic acids is 1. The van der Waals surface area contributed by atoms with Crippen molar-refractivity contribution < 1.29 is 17.9 Å². The van der Waals surface area contributed by atoms with E-state index in [1.165, 1.54) is 6.07 Å². The maximum absolute atomic E-state index is 12.1. The van der Waals surface area contributed by atoms with Crippen molar-refractivity contribution in [1.82, 2.24) is 0 Å². The Morgan fingerprint density at radius 2 is 1.90 bits per heavy atom. The molecule has 21 heavy (non-hydrogen) atoms. The van der Waals surface area contributed by atoms with Gasteiger partial charge in [-0.3, -0.25) is 0 Å². The normalized spacial score (nSPS) is 16.0. The zero-order valence-electron chi connectivity index (χ0n) is 12.2. The molecule has 0 saturated heterocycles. The number of hydrogen-bond donors (Lipinski definition) is 1. The molecule has 1 aliphatic rings. The molecule has 1 aliphatic carbocycles. The zero-order chi connectivity index (χ0) is 15.6. The molecule has 2 N–H and O–H groups in total. The van der Waals surface area contributed by atoms with Gasteiger partial charge >= 0.3 is 5.97 Å². The smallest absolute Gasteiger partial charge is 0.338 e. The van der Waals surface area contributed by atoms with Crippen LogP contribution in [-0.4, -0.2) is 34.6 Å². The Balaban J connectivity index is 2.30. The molecule has 0 aliphatic heterocycles. The molecule has 2 rings (SSSR count). The summed E-state index contributed by atoms with van der Waals surface area (Å²) in [5.41, 5.74) is 0.645. The molecule has 0 bridgehead atoms. The second-order valence-corrected chi connectivity index (χ2v) is 6.96. The van der Waals surface area contributed by atoms with E-state index in [2.05, 4.69) is 0 Å². The first-order chi connectivity index (χ1) is 9.79. The number of carbonyl (C=O) groups is 1. The summed E-state index contributed by atoms with van der Waals surface area (Å²) in [5.74, 6) is -0.503. The van der Waals surface area contributed by atoms with Crippen molar-refractivity contribution in [1.29, 1.82) is 0 Å². The van der Waals surface area contributed by atoms with Crippen molar-refractivity contribution in [3.63, 3.8) is 0 Å². The molecule has 0 radical (unpaired) electrons. The van der Waals surface area contributed by atoms with Crippen molar-refractivity contribution in [2.75, 3.05) is 19.0 Å². The van der Waals surface area contributed by atoms with Crippen LogP contribution in [0, 0.1) is 0 Å². The number of anilines is 1. The van der Waals surface area contributed by atoms with Gasteiger partial charge < -0.3 is 9.64 Å². The van der Waals surface area contributed by atoms with Gasteiger partial charge in [-0.15, -0.1) is 0 Å². The van der Waals surface area contributed by atoms with Crippen molar-refractivity contribution in [2.24, 2.45) is 5.14 Å². The molecule has 1 aromatic rings. The largest absolute Gasteiger partial charge is 0.459 e. The molecule has 1 aromatic carbocycles. The van der Waals surface area contributed by atoms with Crippen LogP contribution in [0.3, 0.4) is 0 Å². The van der Waals surface area contributed by atoms with E-state index in [1.54, 1.807) is 31.1 Å². The van der Waals surface area contributed by atoms with E-state index in [0.717, 1.165) is 25.7 Å². The first-order valence-electron chi connectivity index (χ1n) is 6.84. The highest BCUT2D eigenvalue weighted by molar-refractivity contribution is 7.89. The van der Waals surface area contributed by atoms with Crippen LogP contribution < -0.4 is 10.0 Å². The Morgan fingerprint density at radius 3 is 2.43 bits per heavy atom. The zero-order valence-corrected chi connectivity index (χ0v) is 13.0. The fourth-order valence-corrected chi connectivity index (χ4v) is 3.30. The fraction of sp³-hybridized carbons (Fsp3) is 0.500. The fourth-order valence-electron chi connectivity index (χ4n) is 2.46. The van der Waals surface area contributed by atoms with E-state index in [9.17, 15) is 13.2 Å². The van der Waals surface area contributed by atoms with Gasteiger partial charge in [0, 0.05) is 14.1 Å². The monoisotopic (exact) mass is 312 g/mol. The van der Waals surface area contributed by atoms with E-state index in [4.69, 9.17) is 9.88 Å². The molecular formula is C14H20N2O4S. The summed E-state index contributed by atoms with van der Waals surface area (Å²) < 4.78 is 28.7. The second kappa shape index (κ2) is 6.03. The predicted molar refractivity (Wildman–Crippen MR) is 79.8 cm³/mol. The van der Waals surface area contributed by atoms with Gasteiger partial charge in [0.15, 0.2) is 0 Å². The van der Waals surface area contributed by atoms with Crippen LogP contribution in [0.5, 0.6) is 0 Å².